The average molecular weight is 498 g/mol. The van der Waals surface area contributed by atoms with Gasteiger partial charge in [-0.25, -0.2) is 9.18 Å². The summed E-state index contributed by atoms with van der Waals surface area (Å²) in [7, 11) is 2.36. The molecular weight excluding hydrogens is 477 g/mol. The summed E-state index contributed by atoms with van der Waals surface area (Å²) >= 11 is 0.863. The van der Waals surface area contributed by atoms with Crippen molar-refractivity contribution >= 4 is 41.2 Å². The van der Waals surface area contributed by atoms with Crippen LogP contribution < -0.4 is 10.6 Å². The Hall–Kier alpha value is -4.17. The van der Waals surface area contributed by atoms with Crippen molar-refractivity contribution in [2.75, 3.05) is 25.3 Å². The van der Waals surface area contributed by atoms with Crippen LogP contribution >= 0.6 is 11.8 Å². The number of allylic oxidation sites excluding steroid dienone is 1. The number of methoxy groups -OCH3 is 2. The molecular formula is C24H20FN3O6S. The van der Waals surface area contributed by atoms with E-state index in [1.807, 2.05) is 6.07 Å². The van der Waals surface area contributed by atoms with E-state index in [0.29, 0.717) is 5.56 Å². The van der Waals surface area contributed by atoms with Crippen LogP contribution in [0.1, 0.15) is 21.8 Å². The Kier molecular flexibility index (Phi) is 8.22. The van der Waals surface area contributed by atoms with E-state index in [4.69, 9.17) is 4.74 Å². The second kappa shape index (κ2) is 11.3. The number of nitrogens with zero attached hydrogens (tertiary/aromatic N) is 1. The van der Waals surface area contributed by atoms with Gasteiger partial charge in [0.15, 0.2) is 0 Å². The van der Waals surface area contributed by atoms with E-state index < -0.39 is 41.4 Å². The molecule has 0 unspecified atom stereocenters. The summed E-state index contributed by atoms with van der Waals surface area (Å²) in [6.45, 7) is 0. The van der Waals surface area contributed by atoms with E-state index in [0.717, 1.165) is 18.9 Å². The second-order valence-corrected chi connectivity index (χ2v) is 8.24. The number of thioether (sulfide) groups is 1. The van der Waals surface area contributed by atoms with E-state index in [9.17, 15) is 28.8 Å². The maximum absolute atomic E-state index is 13.8. The number of amides is 2. The molecule has 1 aliphatic rings. The molecule has 2 N–H and O–H groups in total. The lowest BCUT2D eigenvalue weighted by molar-refractivity contribution is -0.150. The highest BCUT2D eigenvalue weighted by Gasteiger charge is 2.44. The van der Waals surface area contributed by atoms with Gasteiger partial charge in [0.2, 0.25) is 11.8 Å². The molecule has 2 atom stereocenters. The van der Waals surface area contributed by atoms with Gasteiger partial charge in [0.1, 0.15) is 11.7 Å². The molecule has 1 aliphatic heterocycles. The molecule has 3 rings (SSSR count). The second-order valence-electron chi connectivity index (χ2n) is 7.25. The van der Waals surface area contributed by atoms with Crippen LogP contribution in [0.4, 0.5) is 10.1 Å². The number of ether oxygens (including phenoxy) is 2. The van der Waals surface area contributed by atoms with E-state index in [1.54, 1.807) is 6.07 Å². The van der Waals surface area contributed by atoms with Crippen LogP contribution in [0.3, 0.4) is 0 Å². The third kappa shape index (κ3) is 5.67. The number of rotatable bonds is 7. The third-order valence-electron chi connectivity index (χ3n) is 5.17. The smallest absolute Gasteiger partial charge is 0.337 e. The number of hydrogen-bond acceptors (Lipinski definition) is 8. The predicted octanol–water partition coefficient (Wildman–Crippen LogP) is 2.72. The van der Waals surface area contributed by atoms with Crippen LogP contribution in [0.15, 0.2) is 59.1 Å². The van der Waals surface area contributed by atoms with Crippen molar-refractivity contribution in [2.24, 2.45) is 5.92 Å². The number of carbonyl (C=O) groups is 4. The van der Waals surface area contributed by atoms with Gasteiger partial charge in [-0.05, 0) is 29.8 Å². The Morgan fingerprint density at radius 3 is 2.40 bits per heavy atom. The zero-order chi connectivity index (χ0) is 25.5. The summed E-state index contributed by atoms with van der Waals surface area (Å²) < 4.78 is 23.3. The molecule has 35 heavy (non-hydrogen) atoms. The van der Waals surface area contributed by atoms with Crippen LogP contribution in [0.5, 0.6) is 0 Å². The van der Waals surface area contributed by atoms with E-state index in [1.165, 1.54) is 49.6 Å². The first-order chi connectivity index (χ1) is 16.8. The van der Waals surface area contributed by atoms with Crippen molar-refractivity contribution in [3.05, 3.63) is 76.1 Å². The fraction of sp³-hybridized carbons (Fsp3) is 0.208. The molecule has 2 aromatic rings. The van der Waals surface area contributed by atoms with Gasteiger partial charge in [-0.3, -0.25) is 14.4 Å². The van der Waals surface area contributed by atoms with Crippen LogP contribution in [0.2, 0.25) is 0 Å². The van der Waals surface area contributed by atoms with Crippen LogP contribution in [-0.2, 0) is 23.9 Å². The summed E-state index contributed by atoms with van der Waals surface area (Å²) in [5, 5.41) is 14.9. The highest BCUT2D eigenvalue weighted by Crippen LogP contribution is 2.40. The highest BCUT2D eigenvalue weighted by molar-refractivity contribution is 8.03. The normalized spacial score (nSPS) is 17.1. The quantitative estimate of drug-likeness (QED) is 0.441. The number of para-hydroxylation sites is 1. The fourth-order valence-corrected chi connectivity index (χ4v) is 4.36. The standard InChI is InChI=1S/C24H20FN3O6S/c1-33-23(31)14-9-7-13(8-10-14)19-15(11-26)22(28-21(30)20(19)24(32)34-2)35-12-18(29)27-17-6-4-3-5-16(17)25/h3-10,19-20H,12H2,1-2H3,(H,27,29)(H,28,30)/t19-,20+/m0/s1. The van der Waals surface area contributed by atoms with Crippen molar-refractivity contribution in [2.45, 2.75) is 5.92 Å². The highest BCUT2D eigenvalue weighted by atomic mass is 32.2. The van der Waals surface area contributed by atoms with Gasteiger partial charge in [0.25, 0.3) is 0 Å². The lowest BCUT2D eigenvalue weighted by atomic mass is 9.78. The predicted molar refractivity (Wildman–Crippen MR) is 124 cm³/mol. The number of carbonyl (C=O) groups excluding carboxylic acids is 4. The zero-order valence-electron chi connectivity index (χ0n) is 18.7. The Morgan fingerprint density at radius 2 is 1.80 bits per heavy atom. The number of nitriles is 1. The van der Waals surface area contributed by atoms with Crippen LogP contribution in [0.25, 0.3) is 0 Å². The molecule has 180 valence electrons. The van der Waals surface area contributed by atoms with Gasteiger partial charge in [-0.1, -0.05) is 36.0 Å². The van der Waals surface area contributed by atoms with Gasteiger partial charge in [-0.15, -0.1) is 0 Å². The first-order valence-electron chi connectivity index (χ1n) is 10.2. The molecule has 11 heteroatoms. The molecule has 9 nitrogen and oxygen atoms in total. The number of halogens is 1. The lowest BCUT2D eigenvalue weighted by Crippen LogP contribution is -2.44. The molecule has 2 aromatic carbocycles. The van der Waals surface area contributed by atoms with Crippen molar-refractivity contribution in [3.63, 3.8) is 0 Å². The summed E-state index contributed by atoms with van der Waals surface area (Å²) in [6, 6.07) is 13.6. The molecule has 0 bridgehead atoms. The van der Waals surface area contributed by atoms with Gasteiger partial charge >= 0.3 is 11.9 Å². The van der Waals surface area contributed by atoms with Crippen molar-refractivity contribution in [1.29, 1.82) is 5.26 Å². The van der Waals surface area contributed by atoms with Crippen LogP contribution in [-0.4, -0.2) is 43.7 Å². The number of benzene rings is 2. The minimum Gasteiger partial charge on any atom is -0.468 e. The van der Waals surface area contributed by atoms with Gasteiger partial charge in [0, 0.05) is 5.92 Å². The topological polar surface area (TPSA) is 135 Å². The molecule has 1 heterocycles. The first kappa shape index (κ1) is 25.5. The molecule has 0 aromatic heterocycles. The minimum absolute atomic E-state index is 0.00501. The Morgan fingerprint density at radius 1 is 1.11 bits per heavy atom. The third-order valence-corrected chi connectivity index (χ3v) is 6.19. The molecule has 0 radical (unpaired) electrons. The summed E-state index contributed by atoms with van der Waals surface area (Å²) in [4.78, 5) is 49.4. The van der Waals surface area contributed by atoms with Gasteiger partial charge in [0.05, 0.1) is 47.9 Å². The first-order valence-corrected chi connectivity index (χ1v) is 11.2. The molecule has 0 spiro atoms. The maximum Gasteiger partial charge on any atom is 0.337 e. The Labute approximate surface area is 204 Å². The Bertz CT molecular complexity index is 1240. The molecule has 0 fully saturated rings. The van der Waals surface area contributed by atoms with E-state index >= 15 is 0 Å². The number of anilines is 1. The number of hydrogen-bond donors (Lipinski definition) is 2. The van der Waals surface area contributed by atoms with E-state index in [-0.39, 0.29) is 27.6 Å². The molecule has 2 amide bonds. The van der Waals surface area contributed by atoms with Crippen molar-refractivity contribution in [3.8, 4) is 6.07 Å². The molecule has 0 saturated heterocycles. The zero-order valence-corrected chi connectivity index (χ0v) is 19.5. The van der Waals surface area contributed by atoms with Crippen LogP contribution in [0, 0.1) is 23.1 Å². The average Bonchev–Trinajstić information content (AvgIpc) is 2.87. The SMILES string of the molecule is COC(=O)c1ccc([C@H]2C(C#N)=C(SCC(=O)Nc3ccccc3F)NC(=O)[C@@H]2C(=O)OC)cc1. The van der Waals surface area contributed by atoms with E-state index in [2.05, 4.69) is 15.4 Å². The minimum atomic E-state index is -1.37. The largest absolute Gasteiger partial charge is 0.468 e. The fourth-order valence-electron chi connectivity index (χ4n) is 3.51. The number of nitrogens with one attached hydrogen (secondary N) is 2. The molecule has 0 saturated carbocycles. The maximum atomic E-state index is 13.8. The van der Waals surface area contributed by atoms with Gasteiger partial charge < -0.3 is 20.1 Å². The summed E-state index contributed by atoms with van der Waals surface area (Å²) in [5.74, 6) is -5.94. The Balaban J connectivity index is 1.92. The number of esters is 2. The molecule has 0 aliphatic carbocycles. The van der Waals surface area contributed by atoms with Crippen molar-refractivity contribution in [1.82, 2.24) is 5.32 Å². The summed E-state index contributed by atoms with van der Waals surface area (Å²) in [5.41, 5.74) is 0.686. The lowest BCUT2D eigenvalue weighted by Gasteiger charge is -2.31. The monoisotopic (exact) mass is 497 g/mol. The van der Waals surface area contributed by atoms with Gasteiger partial charge in [-0.2, -0.15) is 5.26 Å². The van der Waals surface area contributed by atoms with Crippen molar-refractivity contribution < 1.29 is 33.0 Å². The summed E-state index contributed by atoms with van der Waals surface area (Å²) in [6.07, 6.45) is 0.